The Morgan fingerprint density at radius 1 is 1.57 bits per heavy atom. The van der Waals surface area contributed by atoms with Crippen LogP contribution in [-0.2, 0) is 4.79 Å². The Hall–Kier alpha value is -0.570. The number of amides is 1. The molecule has 1 aliphatic rings. The number of hydrogen-bond acceptors (Lipinski definition) is 2. The van der Waals surface area contributed by atoms with Crippen LogP contribution in [0.25, 0.3) is 0 Å². The Morgan fingerprint density at radius 3 is 2.86 bits per heavy atom. The van der Waals surface area contributed by atoms with Gasteiger partial charge in [-0.25, -0.2) is 0 Å². The Balaban J connectivity index is 2.39. The molecule has 0 saturated carbocycles. The zero-order chi connectivity index (χ0) is 10.6. The molecule has 0 aliphatic carbocycles. The van der Waals surface area contributed by atoms with E-state index in [4.69, 9.17) is 5.73 Å². The Labute approximate surface area is 86.6 Å². The zero-order valence-electron chi connectivity index (χ0n) is 9.33. The van der Waals surface area contributed by atoms with Crippen molar-refractivity contribution in [3.05, 3.63) is 0 Å². The highest BCUT2D eigenvalue weighted by atomic mass is 16.2. The van der Waals surface area contributed by atoms with E-state index in [0.717, 1.165) is 19.5 Å². The molecule has 2 N–H and O–H groups in total. The number of piperidine rings is 1. The first kappa shape index (κ1) is 11.5. The summed E-state index contributed by atoms with van der Waals surface area (Å²) in [5.41, 5.74) is 5.63. The summed E-state index contributed by atoms with van der Waals surface area (Å²) < 4.78 is 0. The molecule has 1 rings (SSSR count). The minimum Gasteiger partial charge on any atom is -0.342 e. The second kappa shape index (κ2) is 5.35. The van der Waals surface area contributed by atoms with Gasteiger partial charge in [-0.3, -0.25) is 4.79 Å². The number of nitrogens with zero attached hydrogens (tertiary/aromatic N) is 1. The van der Waals surface area contributed by atoms with Crippen molar-refractivity contribution in [1.29, 1.82) is 0 Å². The zero-order valence-corrected chi connectivity index (χ0v) is 9.33. The molecule has 3 heteroatoms. The molecule has 1 amide bonds. The molecule has 1 saturated heterocycles. The first-order valence-corrected chi connectivity index (χ1v) is 5.61. The van der Waals surface area contributed by atoms with Gasteiger partial charge in [0.05, 0.1) is 0 Å². The lowest BCUT2D eigenvalue weighted by atomic mass is 9.97. The lowest BCUT2D eigenvalue weighted by Gasteiger charge is -2.32. The van der Waals surface area contributed by atoms with E-state index >= 15 is 0 Å². The maximum atomic E-state index is 11.8. The van der Waals surface area contributed by atoms with Crippen LogP contribution in [0.5, 0.6) is 0 Å². The van der Waals surface area contributed by atoms with Crippen molar-refractivity contribution < 1.29 is 4.79 Å². The van der Waals surface area contributed by atoms with Gasteiger partial charge in [0.1, 0.15) is 0 Å². The van der Waals surface area contributed by atoms with Crippen LogP contribution in [0.3, 0.4) is 0 Å². The van der Waals surface area contributed by atoms with Crippen molar-refractivity contribution >= 4 is 5.91 Å². The topological polar surface area (TPSA) is 46.3 Å². The van der Waals surface area contributed by atoms with Gasteiger partial charge in [-0.1, -0.05) is 13.8 Å². The van der Waals surface area contributed by atoms with Gasteiger partial charge in [0.2, 0.25) is 5.91 Å². The molecule has 0 aromatic carbocycles. The lowest BCUT2D eigenvalue weighted by molar-refractivity contribution is -0.133. The third kappa shape index (κ3) is 3.29. The molecule has 3 nitrogen and oxygen atoms in total. The third-order valence-corrected chi connectivity index (χ3v) is 2.79. The van der Waals surface area contributed by atoms with Gasteiger partial charge < -0.3 is 10.6 Å². The summed E-state index contributed by atoms with van der Waals surface area (Å²) in [6, 6.07) is 0. The third-order valence-electron chi connectivity index (χ3n) is 2.79. The summed E-state index contributed by atoms with van der Waals surface area (Å²) in [6.45, 7) is 6.69. The number of nitrogens with two attached hydrogens (primary N) is 1. The highest BCUT2D eigenvalue weighted by Gasteiger charge is 2.22. The molecular formula is C11H22N2O. The standard InChI is InChI=1S/C11H22N2O/c1-9(2)6-11(14)13-5-3-4-10(7-12)8-13/h9-10H,3-8,12H2,1-2H3. The summed E-state index contributed by atoms with van der Waals surface area (Å²) in [5.74, 6) is 1.29. The molecule has 14 heavy (non-hydrogen) atoms. The summed E-state index contributed by atoms with van der Waals surface area (Å²) >= 11 is 0. The van der Waals surface area contributed by atoms with Gasteiger partial charge in [0, 0.05) is 19.5 Å². The molecule has 0 radical (unpaired) electrons. The van der Waals surface area contributed by atoms with Crippen LogP contribution < -0.4 is 5.73 Å². The van der Waals surface area contributed by atoms with Gasteiger partial charge in [-0.05, 0) is 31.2 Å². The van der Waals surface area contributed by atoms with E-state index in [0.29, 0.717) is 30.7 Å². The second-order valence-corrected chi connectivity index (χ2v) is 4.68. The van der Waals surface area contributed by atoms with Crippen molar-refractivity contribution in [1.82, 2.24) is 4.90 Å². The Bertz CT molecular complexity index is 192. The first-order valence-electron chi connectivity index (χ1n) is 5.61. The number of carbonyl (C=O) groups is 1. The highest BCUT2D eigenvalue weighted by Crippen LogP contribution is 2.17. The van der Waals surface area contributed by atoms with E-state index in [1.165, 1.54) is 6.42 Å². The van der Waals surface area contributed by atoms with Crippen LogP contribution in [0.15, 0.2) is 0 Å². The summed E-state index contributed by atoms with van der Waals surface area (Å²) in [6.07, 6.45) is 2.98. The summed E-state index contributed by atoms with van der Waals surface area (Å²) in [7, 11) is 0. The van der Waals surface area contributed by atoms with Crippen LogP contribution >= 0.6 is 0 Å². The summed E-state index contributed by atoms with van der Waals surface area (Å²) in [5, 5.41) is 0. The number of likely N-dealkylation sites (tertiary alicyclic amines) is 1. The smallest absolute Gasteiger partial charge is 0.222 e. The van der Waals surface area contributed by atoms with Gasteiger partial charge in [-0.15, -0.1) is 0 Å². The maximum absolute atomic E-state index is 11.8. The average molecular weight is 198 g/mol. The molecule has 0 aromatic heterocycles. The fourth-order valence-electron chi connectivity index (χ4n) is 1.96. The highest BCUT2D eigenvalue weighted by molar-refractivity contribution is 5.76. The van der Waals surface area contributed by atoms with Crippen LogP contribution in [0.2, 0.25) is 0 Å². The second-order valence-electron chi connectivity index (χ2n) is 4.68. The van der Waals surface area contributed by atoms with Crippen LogP contribution in [0.1, 0.15) is 33.1 Å². The van der Waals surface area contributed by atoms with Gasteiger partial charge >= 0.3 is 0 Å². The molecule has 1 fully saturated rings. The van der Waals surface area contributed by atoms with E-state index in [9.17, 15) is 4.79 Å². The van der Waals surface area contributed by atoms with E-state index < -0.39 is 0 Å². The average Bonchev–Trinajstić information content (AvgIpc) is 2.17. The van der Waals surface area contributed by atoms with Crippen LogP contribution in [0.4, 0.5) is 0 Å². The SMILES string of the molecule is CC(C)CC(=O)N1CCCC(CN)C1. The molecule has 0 aromatic rings. The first-order chi connectivity index (χ1) is 6.63. The van der Waals surface area contributed by atoms with Crippen LogP contribution in [-0.4, -0.2) is 30.4 Å². The molecule has 0 bridgehead atoms. The summed E-state index contributed by atoms with van der Waals surface area (Å²) in [4.78, 5) is 13.7. The Kier molecular flexibility index (Phi) is 4.39. The fourth-order valence-corrected chi connectivity index (χ4v) is 1.96. The van der Waals surface area contributed by atoms with Crippen molar-refractivity contribution in [2.45, 2.75) is 33.1 Å². The predicted octanol–water partition coefficient (Wildman–Crippen LogP) is 1.23. The minimum atomic E-state index is 0.304. The van der Waals surface area contributed by atoms with Crippen molar-refractivity contribution in [3.8, 4) is 0 Å². The molecular weight excluding hydrogens is 176 g/mol. The van der Waals surface area contributed by atoms with Gasteiger partial charge in [0.15, 0.2) is 0 Å². The number of hydrogen-bond donors (Lipinski definition) is 1. The Morgan fingerprint density at radius 2 is 2.29 bits per heavy atom. The van der Waals surface area contributed by atoms with Gasteiger partial charge in [0.25, 0.3) is 0 Å². The normalized spacial score (nSPS) is 22.9. The van der Waals surface area contributed by atoms with E-state index in [-0.39, 0.29) is 0 Å². The van der Waals surface area contributed by atoms with Crippen molar-refractivity contribution in [3.63, 3.8) is 0 Å². The molecule has 82 valence electrons. The van der Waals surface area contributed by atoms with Crippen molar-refractivity contribution in [2.24, 2.45) is 17.6 Å². The maximum Gasteiger partial charge on any atom is 0.222 e. The molecule has 1 aliphatic heterocycles. The van der Waals surface area contributed by atoms with Crippen molar-refractivity contribution in [2.75, 3.05) is 19.6 Å². The molecule has 1 unspecified atom stereocenters. The molecule has 1 atom stereocenters. The monoisotopic (exact) mass is 198 g/mol. The fraction of sp³-hybridized carbons (Fsp3) is 0.909. The molecule has 1 heterocycles. The number of carbonyl (C=O) groups excluding carboxylic acids is 1. The minimum absolute atomic E-state index is 0.304. The van der Waals surface area contributed by atoms with E-state index in [2.05, 4.69) is 13.8 Å². The molecule has 0 spiro atoms. The lowest BCUT2D eigenvalue weighted by Crippen LogP contribution is -2.42. The predicted molar refractivity (Wildman–Crippen MR) is 57.8 cm³/mol. The largest absolute Gasteiger partial charge is 0.342 e. The van der Waals surface area contributed by atoms with E-state index in [1.807, 2.05) is 4.90 Å². The number of rotatable bonds is 3. The van der Waals surface area contributed by atoms with Crippen LogP contribution in [0, 0.1) is 11.8 Å². The quantitative estimate of drug-likeness (QED) is 0.741. The van der Waals surface area contributed by atoms with E-state index in [1.54, 1.807) is 0 Å². The van der Waals surface area contributed by atoms with Gasteiger partial charge in [-0.2, -0.15) is 0 Å².